The Kier molecular flexibility index (Phi) is 4.56. The van der Waals surface area contributed by atoms with Crippen LogP contribution in [0.15, 0.2) is 27.0 Å². The molecule has 0 fully saturated rings. The van der Waals surface area contributed by atoms with Crippen LogP contribution in [0.5, 0.6) is 0 Å². The summed E-state index contributed by atoms with van der Waals surface area (Å²) < 4.78 is 1.61. The highest BCUT2D eigenvalue weighted by Crippen LogP contribution is 2.29. The average Bonchev–Trinajstić information content (AvgIpc) is 2.93. The lowest BCUT2D eigenvalue weighted by Crippen LogP contribution is -2.31. The van der Waals surface area contributed by atoms with Gasteiger partial charge in [-0.05, 0) is 29.8 Å². The maximum atomic E-state index is 12.0. The zero-order valence-corrected chi connectivity index (χ0v) is 13.5. The smallest absolute Gasteiger partial charge is 0.283 e. The third-order valence-electron chi connectivity index (χ3n) is 2.71. The molecule has 0 aliphatic heterocycles. The summed E-state index contributed by atoms with van der Waals surface area (Å²) in [5, 5.41) is 19.0. The van der Waals surface area contributed by atoms with E-state index in [0.717, 1.165) is 5.01 Å². The molecule has 0 unspecified atom stereocenters. The number of nitrogens with zero attached hydrogens (tertiary/aromatic N) is 3. The second-order valence-corrected chi connectivity index (χ2v) is 6.40. The number of aliphatic hydroxyl groups is 1. The number of halogens is 1. The van der Waals surface area contributed by atoms with Crippen LogP contribution in [0.25, 0.3) is 0 Å². The quantitative estimate of drug-likeness (QED) is 0.851. The van der Waals surface area contributed by atoms with Crippen LogP contribution in [-0.2, 0) is 12.1 Å². The lowest BCUT2D eigenvalue weighted by atomic mass is 10.1. The first-order valence-electron chi connectivity index (χ1n) is 6.00. The summed E-state index contributed by atoms with van der Waals surface area (Å²) in [5.74, 6) is 0. The van der Waals surface area contributed by atoms with Gasteiger partial charge in [0, 0.05) is 11.6 Å². The van der Waals surface area contributed by atoms with Gasteiger partial charge in [0.2, 0.25) is 0 Å². The van der Waals surface area contributed by atoms with E-state index in [1.54, 1.807) is 23.7 Å². The molecule has 0 aliphatic rings. The fourth-order valence-electron chi connectivity index (χ4n) is 1.73. The molecule has 0 atom stereocenters. The van der Waals surface area contributed by atoms with E-state index in [0.29, 0.717) is 10.2 Å². The zero-order chi connectivity index (χ0) is 14.8. The summed E-state index contributed by atoms with van der Waals surface area (Å²) >= 11 is 4.83. The van der Waals surface area contributed by atoms with Gasteiger partial charge in [-0.15, -0.1) is 11.3 Å². The van der Waals surface area contributed by atoms with Crippen molar-refractivity contribution >= 4 is 33.0 Å². The van der Waals surface area contributed by atoms with E-state index in [-0.39, 0.29) is 18.7 Å². The molecule has 2 rings (SSSR count). The molecule has 2 aromatic heterocycles. The van der Waals surface area contributed by atoms with Gasteiger partial charge >= 0.3 is 0 Å². The Morgan fingerprint density at radius 3 is 2.90 bits per heavy atom. The molecule has 0 saturated heterocycles. The number of nitrogens with one attached hydrogen (secondary N) is 1. The van der Waals surface area contributed by atoms with Crippen molar-refractivity contribution in [2.45, 2.75) is 25.9 Å². The third kappa shape index (κ3) is 3.08. The van der Waals surface area contributed by atoms with Crippen molar-refractivity contribution in [3.05, 3.63) is 37.6 Å². The first-order valence-corrected chi connectivity index (χ1v) is 7.67. The number of aromatic nitrogens is 3. The van der Waals surface area contributed by atoms with Crippen LogP contribution in [0.1, 0.15) is 18.9 Å². The van der Waals surface area contributed by atoms with Gasteiger partial charge in [-0.25, -0.2) is 9.67 Å². The molecule has 8 heteroatoms. The van der Waals surface area contributed by atoms with E-state index >= 15 is 0 Å². The topological polar surface area (TPSA) is 80.0 Å². The monoisotopic (exact) mass is 358 g/mol. The molecule has 2 N–H and O–H groups in total. The predicted molar refractivity (Wildman–Crippen MR) is 82.0 cm³/mol. The SMILES string of the molecule is CC(C)(Nc1cnn(CCO)c(=O)c1Br)c1nccs1. The van der Waals surface area contributed by atoms with Gasteiger partial charge in [-0.1, -0.05) is 0 Å². The number of hydrogen-bond acceptors (Lipinski definition) is 6. The highest BCUT2D eigenvalue weighted by atomic mass is 79.9. The number of anilines is 1. The number of rotatable bonds is 5. The third-order valence-corrected chi connectivity index (χ3v) is 4.57. The molecule has 20 heavy (non-hydrogen) atoms. The molecule has 2 aromatic rings. The first-order chi connectivity index (χ1) is 9.45. The van der Waals surface area contributed by atoms with E-state index in [4.69, 9.17) is 5.11 Å². The van der Waals surface area contributed by atoms with Crippen molar-refractivity contribution in [2.75, 3.05) is 11.9 Å². The van der Waals surface area contributed by atoms with Crippen LogP contribution < -0.4 is 10.9 Å². The Morgan fingerprint density at radius 2 is 2.30 bits per heavy atom. The van der Waals surface area contributed by atoms with Crippen LogP contribution in [0.3, 0.4) is 0 Å². The van der Waals surface area contributed by atoms with Gasteiger partial charge in [-0.2, -0.15) is 5.10 Å². The van der Waals surface area contributed by atoms with Crippen LogP contribution in [0.4, 0.5) is 5.69 Å². The van der Waals surface area contributed by atoms with Gasteiger partial charge in [-0.3, -0.25) is 4.79 Å². The molecule has 0 aromatic carbocycles. The highest BCUT2D eigenvalue weighted by Gasteiger charge is 2.24. The fourth-order valence-corrected chi connectivity index (χ4v) is 2.85. The Bertz CT molecular complexity index is 639. The summed E-state index contributed by atoms with van der Waals surface area (Å²) in [6.07, 6.45) is 3.31. The molecule has 0 saturated carbocycles. The van der Waals surface area contributed by atoms with Gasteiger partial charge in [0.25, 0.3) is 5.56 Å². The average molecular weight is 359 g/mol. The Balaban J connectivity index is 2.31. The second-order valence-electron chi connectivity index (χ2n) is 4.71. The van der Waals surface area contributed by atoms with E-state index in [2.05, 4.69) is 31.3 Å². The summed E-state index contributed by atoms with van der Waals surface area (Å²) in [6, 6.07) is 0. The van der Waals surface area contributed by atoms with Gasteiger partial charge in [0.05, 0.1) is 30.6 Å². The fraction of sp³-hybridized carbons (Fsp3) is 0.417. The van der Waals surface area contributed by atoms with Crippen molar-refractivity contribution in [3.8, 4) is 0 Å². The lowest BCUT2D eigenvalue weighted by Gasteiger charge is -2.25. The molecule has 0 bridgehead atoms. The summed E-state index contributed by atoms with van der Waals surface area (Å²) in [6.45, 7) is 4.01. The second kappa shape index (κ2) is 6.02. The molecule has 0 aliphatic carbocycles. The van der Waals surface area contributed by atoms with E-state index in [9.17, 15) is 4.79 Å². The predicted octanol–water partition coefficient (Wildman–Crippen LogP) is 1.80. The summed E-state index contributed by atoms with van der Waals surface area (Å²) in [4.78, 5) is 16.3. The Morgan fingerprint density at radius 1 is 1.55 bits per heavy atom. The van der Waals surface area contributed by atoms with Crippen LogP contribution >= 0.6 is 27.3 Å². The first kappa shape index (κ1) is 15.1. The minimum Gasteiger partial charge on any atom is -0.394 e. The normalized spacial score (nSPS) is 11.6. The van der Waals surface area contributed by atoms with Crippen molar-refractivity contribution < 1.29 is 5.11 Å². The summed E-state index contributed by atoms with van der Waals surface area (Å²) in [7, 11) is 0. The van der Waals surface area contributed by atoms with Gasteiger partial charge in [0.1, 0.15) is 9.48 Å². The maximum Gasteiger partial charge on any atom is 0.283 e. The molecule has 2 heterocycles. The molecule has 6 nitrogen and oxygen atoms in total. The maximum absolute atomic E-state index is 12.0. The number of hydrogen-bond donors (Lipinski definition) is 2. The summed E-state index contributed by atoms with van der Waals surface area (Å²) in [5.41, 5.74) is -0.0862. The molecule has 108 valence electrons. The standard InChI is InChI=1S/C12H15BrN4O2S/c1-12(2,11-14-3-6-20-11)16-8-7-15-17(4-5-18)10(19)9(8)13/h3,6-7,16,18H,4-5H2,1-2H3. The van der Waals surface area contributed by atoms with Gasteiger partial charge < -0.3 is 10.4 Å². The largest absolute Gasteiger partial charge is 0.394 e. The Hall–Kier alpha value is -1.25. The highest BCUT2D eigenvalue weighted by molar-refractivity contribution is 9.10. The molecular weight excluding hydrogens is 344 g/mol. The number of aliphatic hydroxyl groups excluding tert-OH is 1. The minimum atomic E-state index is -0.409. The Labute approximate surface area is 128 Å². The van der Waals surface area contributed by atoms with Crippen LogP contribution in [0.2, 0.25) is 0 Å². The van der Waals surface area contributed by atoms with Crippen LogP contribution in [-0.4, -0.2) is 26.5 Å². The molecular formula is C12H15BrN4O2S. The number of thiazole rings is 1. The lowest BCUT2D eigenvalue weighted by molar-refractivity contribution is 0.266. The van der Waals surface area contributed by atoms with Crippen molar-refractivity contribution in [1.29, 1.82) is 0 Å². The minimum absolute atomic E-state index is 0.128. The van der Waals surface area contributed by atoms with Crippen LogP contribution in [0, 0.1) is 0 Å². The zero-order valence-electron chi connectivity index (χ0n) is 11.1. The van der Waals surface area contributed by atoms with E-state index < -0.39 is 5.54 Å². The molecule has 0 spiro atoms. The molecule has 0 amide bonds. The van der Waals surface area contributed by atoms with Crippen molar-refractivity contribution in [2.24, 2.45) is 0 Å². The van der Waals surface area contributed by atoms with Gasteiger partial charge in [0.15, 0.2) is 0 Å². The van der Waals surface area contributed by atoms with Crippen molar-refractivity contribution in [3.63, 3.8) is 0 Å². The van der Waals surface area contributed by atoms with Crippen molar-refractivity contribution in [1.82, 2.24) is 14.8 Å². The van der Waals surface area contributed by atoms with E-state index in [1.807, 2.05) is 19.2 Å². The molecule has 0 radical (unpaired) electrons. The van der Waals surface area contributed by atoms with E-state index in [1.165, 1.54) is 4.68 Å².